The van der Waals surface area contributed by atoms with E-state index in [1.807, 2.05) is 18.2 Å². The van der Waals surface area contributed by atoms with Crippen LogP contribution < -0.4 is 5.69 Å². The van der Waals surface area contributed by atoms with Gasteiger partial charge in [-0.25, -0.2) is 9.78 Å². The van der Waals surface area contributed by atoms with E-state index in [2.05, 4.69) is 33.1 Å². The fourth-order valence-electron chi connectivity index (χ4n) is 4.49. The molecule has 1 N–H and O–H groups in total. The number of nitriles is 1. The van der Waals surface area contributed by atoms with Crippen LogP contribution in [-0.4, -0.2) is 48.3 Å². The number of nitrogens with zero attached hydrogens (tertiary/aromatic N) is 6. The predicted octanol–water partition coefficient (Wildman–Crippen LogP) is 1.93. The molecular formula is C25H24N6O2. The number of β-amino-alcohol motifs (C(OH)–C–C–N with tert-alkyl or cyclic N) is 1. The molecular weight excluding hydrogens is 416 g/mol. The maximum atomic E-state index is 13.3. The Hall–Kier alpha value is -3.80. The zero-order valence-electron chi connectivity index (χ0n) is 18.1. The quantitative estimate of drug-likeness (QED) is 0.492. The number of aliphatic hydroxyl groups excluding tert-OH is 1. The first-order chi connectivity index (χ1) is 16.1. The first-order valence-electron chi connectivity index (χ1n) is 11.0. The van der Waals surface area contributed by atoms with Crippen LogP contribution in [0.2, 0.25) is 0 Å². The van der Waals surface area contributed by atoms with E-state index >= 15 is 0 Å². The van der Waals surface area contributed by atoms with Gasteiger partial charge in [0, 0.05) is 32.0 Å². The molecule has 0 saturated carbocycles. The van der Waals surface area contributed by atoms with Crippen LogP contribution in [0, 0.1) is 11.3 Å². The molecule has 0 saturated heterocycles. The fraction of sp³-hybridized carbons (Fsp3) is 0.280. The van der Waals surface area contributed by atoms with E-state index in [1.165, 1.54) is 17.3 Å². The van der Waals surface area contributed by atoms with Gasteiger partial charge in [0.15, 0.2) is 5.65 Å². The first kappa shape index (κ1) is 21.1. The Labute approximate surface area is 191 Å². The molecule has 4 heterocycles. The molecule has 0 radical (unpaired) electrons. The Bertz CT molecular complexity index is 1380. The molecule has 1 aromatic carbocycles. The van der Waals surface area contributed by atoms with Crippen LogP contribution in [-0.2, 0) is 26.1 Å². The van der Waals surface area contributed by atoms with E-state index in [1.54, 1.807) is 33.5 Å². The summed E-state index contributed by atoms with van der Waals surface area (Å²) in [6, 6.07) is 17.5. The predicted molar refractivity (Wildman–Crippen MR) is 123 cm³/mol. The number of benzene rings is 1. The standard InChI is InChI=1S/C25H24N6O2/c26-12-18-7-8-21(28-13-18)15-30-23-6-3-10-27-24(23)31(25(30)33)17-22(32)16-29-11-9-19-4-1-2-5-20(19)14-29/h1-8,10,13,22,32H,9,11,14-17H2. The molecule has 4 aromatic rings. The summed E-state index contributed by atoms with van der Waals surface area (Å²) in [7, 11) is 0. The van der Waals surface area contributed by atoms with Crippen LogP contribution in [0.25, 0.3) is 11.2 Å². The van der Waals surface area contributed by atoms with Crippen molar-refractivity contribution in [1.29, 1.82) is 5.26 Å². The summed E-state index contributed by atoms with van der Waals surface area (Å²) in [5, 5.41) is 19.8. The normalized spacial score (nSPS) is 14.7. The molecule has 1 atom stereocenters. The molecule has 0 aliphatic carbocycles. The lowest BCUT2D eigenvalue weighted by molar-refractivity contribution is 0.0916. The molecule has 166 valence electrons. The monoisotopic (exact) mass is 440 g/mol. The Morgan fingerprint density at radius 2 is 1.88 bits per heavy atom. The third kappa shape index (κ3) is 4.29. The first-order valence-corrected chi connectivity index (χ1v) is 11.0. The van der Waals surface area contributed by atoms with Gasteiger partial charge >= 0.3 is 5.69 Å². The van der Waals surface area contributed by atoms with Crippen molar-refractivity contribution >= 4 is 11.2 Å². The number of pyridine rings is 2. The Morgan fingerprint density at radius 3 is 2.67 bits per heavy atom. The topological polar surface area (TPSA) is 100.0 Å². The maximum absolute atomic E-state index is 13.3. The second-order valence-electron chi connectivity index (χ2n) is 8.38. The van der Waals surface area contributed by atoms with Crippen molar-refractivity contribution in [3.8, 4) is 6.07 Å². The lowest BCUT2D eigenvalue weighted by Crippen LogP contribution is -2.39. The summed E-state index contributed by atoms with van der Waals surface area (Å²) in [5.74, 6) is 0. The zero-order chi connectivity index (χ0) is 22.8. The van der Waals surface area contributed by atoms with E-state index in [0.717, 1.165) is 19.5 Å². The SMILES string of the molecule is N#Cc1ccc(Cn2c(=O)n(CC(O)CN3CCc4ccccc4C3)c3ncccc32)nc1. The minimum Gasteiger partial charge on any atom is -0.390 e. The molecule has 8 nitrogen and oxygen atoms in total. The molecule has 1 aliphatic heterocycles. The maximum Gasteiger partial charge on any atom is 0.330 e. The van der Waals surface area contributed by atoms with Crippen molar-refractivity contribution in [1.82, 2.24) is 24.0 Å². The van der Waals surface area contributed by atoms with Crippen LogP contribution in [0.1, 0.15) is 22.4 Å². The van der Waals surface area contributed by atoms with Crippen molar-refractivity contribution in [2.45, 2.75) is 32.2 Å². The summed E-state index contributed by atoms with van der Waals surface area (Å²) < 4.78 is 3.15. The highest BCUT2D eigenvalue weighted by Crippen LogP contribution is 2.19. The summed E-state index contributed by atoms with van der Waals surface area (Å²) in [6.45, 7) is 2.59. The smallest absolute Gasteiger partial charge is 0.330 e. The van der Waals surface area contributed by atoms with Crippen LogP contribution in [0.4, 0.5) is 0 Å². The number of aliphatic hydroxyl groups is 1. The van der Waals surface area contributed by atoms with Gasteiger partial charge in [-0.3, -0.25) is 19.0 Å². The average Bonchev–Trinajstić information content (AvgIpc) is 3.10. The van der Waals surface area contributed by atoms with Gasteiger partial charge in [-0.05, 0) is 41.8 Å². The summed E-state index contributed by atoms with van der Waals surface area (Å²) >= 11 is 0. The average molecular weight is 441 g/mol. The van der Waals surface area contributed by atoms with E-state index < -0.39 is 6.10 Å². The molecule has 0 fully saturated rings. The Morgan fingerprint density at radius 1 is 1.03 bits per heavy atom. The number of aromatic nitrogens is 4. The molecule has 1 unspecified atom stereocenters. The van der Waals surface area contributed by atoms with Gasteiger partial charge in [-0.15, -0.1) is 0 Å². The van der Waals surface area contributed by atoms with Crippen molar-refractivity contribution < 1.29 is 5.11 Å². The van der Waals surface area contributed by atoms with Crippen molar-refractivity contribution in [2.75, 3.05) is 13.1 Å². The number of hydrogen-bond acceptors (Lipinski definition) is 6. The fourth-order valence-corrected chi connectivity index (χ4v) is 4.49. The minimum atomic E-state index is -0.706. The van der Waals surface area contributed by atoms with Gasteiger partial charge in [0.1, 0.15) is 6.07 Å². The van der Waals surface area contributed by atoms with Gasteiger partial charge in [-0.2, -0.15) is 5.26 Å². The molecule has 0 bridgehead atoms. The van der Waals surface area contributed by atoms with Gasteiger partial charge in [-0.1, -0.05) is 24.3 Å². The van der Waals surface area contributed by atoms with Crippen LogP contribution >= 0.6 is 0 Å². The van der Waals surface area contributed by atoms with Crippen LogP contribution in [0.5, 0.6) is 0 Å². The largest absolute Gasteiger partial charge is 0.390 e. The van der Waals surface area contributed by atoms with Gasteiger partial charge in [0.25, 0.3) is 0 Å². The Kier molecular flexibility index (Phi) is 5.73. The summed E-state index contributed by atoms with van der Waals surface area (Å²) in [4.78, 5) is 24.2. The summed E-state index contributed by atoms with van der Waals surface area (Å²) in [5.41, 5.74) is 4.79. The third-order valence-corrected chi connectivity index (χ3v) is 6.12. The number of rotatable bonds is 6. The lowest BCUT2D eigenvalue weighted by atomic mass is 10.00. The number of imidazole rings is 1. The lowest BCUT2D eigenvalue weighted by Gasteiger charge is -2.30. The van der Waals surface area contributed by atoms with Crippen molar-refractivity contribution in [2.24, 2.45) is 0 Å². The highest BCUT2D eigenvalue weighted by Gasteiger charge is 2.21. The van der Waals surface area contributed by atoms with E-state index in [9.17, 15) is 9.90 Å². The summed E-state index contributed by atoms with van der Waals surface area (Å²) in [6.07, 6.45) is 3.40. The van der Waals surface area contributed by atoms with E-state index in [0.29, 0.717) is 29.0 Å². The number of hydrogen-bond donors (Lipinski definition) is 1. The van der Waals surface area contributed by atoms with Gasteiger partial charge in [0.2, 0.25) is 0 Å². The van der Waals surface area contributed by atoms with Crippen LogP contribution in [0.15, 0.2) is 65.7 Å². The number of fused-ring (bicyclic) bond motifs is 2. The molecule has 0 amide bonds. The van der Waals surface area contributed by atoms with Gasteiger partial charge in [0.05, 0.1) is 36.0 Å². The zero-order valence-corrected chi connectivity index (χ0v) is 18.1. The molecule has 3 aromatic heterocycles. The Balaban J connectivity index is 1.36. The second kappa shape index (κ2) is 8.98. The second-order valence-corrected chi connectivity index (χ2v) is 8.38. The van der Waals surface area contributed by atoms with Crippen LogP contribution in [0.3, 0.4) is 0 Å². The van der Waals surface area contributed by atoms with Crippen molar-refractivity contribution in [3.05, 3.63) is 93.8 Å². The van der Waals surface area contributed by atoms with E-state index in [-0.39, 0.29) is 18.8 Å². The molecule has 1 aliphatic rings. The molecule has 8 heteroatoms. The highest BCUT2D eigenvalue weighted by molar-refractivity contribution is 5.71. The third-order valence-electron chi connectivity index (χ3n) is 6.12. The highest BCUT2D eigenvalue weighted by atomic mass is 16.3. The minimum absolute atomic E-state index is 0.165. The molecule has 5 rings (SSSR count). The van der Waals surface area contributed by atoms with E-state index in [4.69, 9.17) is 5.26 Å². The molecule has 0 spiro atoms. The van der Waals surface area contributed by atoms with Gasteiger partial charge < -0.3 is 5.11 Å². The van der Waals surface area contributed by atoms with Crippen molar-refractivity contribution in [3.63, 3.8) is 0 Å². The molecule has 33 heavy (non-hydrogen) atoms.